The number of rotatable bonds is 6. The first-order chi connectivity index (χ1) is 7.15. The summed E-state index contributed by atoms with van der Waals surface area (Å²) in [6.45, 7) is 2.73. The highest BCUT2D eigenvalue weighted by Crippen LogP contribution is 2.19. The minimum Gasteiger partial charge on any atom is -0.475 e. The number of hydrogen-bond donors (Lipinski definition) is 2. The van der Waals surface area contributed by atoms with Crippen molar-refractivity contribution in [1.29, 1.82) is 0 Å². The molecule has 3 N–H and O–H groups in total. The number of thioether (sulfide) groups is 1. The van der Waals surface area contributed by atoms with Crippen LogP contribution in [0.4, 0.5) is 0 Å². The molecule has 1 aromatic rings. The van der Waals surface area contributed by atoms with E-state index in [2.05, 4.69) is 6.92 Å². The van der Waals surface area contributed by atoms with Crippen LogP contribution in [0.5, 0.6) is 0 Å². The first-order valence-electron chi connectivity index (χ1n) is 4.72. The predicted octanol–water partition coefficient (Wildman–Crippen LogP) is 1.81. The van der Waals surface area contributed by atoms with Crippen LogP contribution in [-0.4, -0.2) is 23.4 Å². The fourth-order valence-corrected chi connectivity index (χ4v) is 2.18. The summed E-state index contributed by atoms with van der Waals surface area (Å²) in [6, 6.07) is 1.70. The lowest BCUT2D eigenvalue weighted by Gasteiger charge is -2.06. The van der Waals surface area contributed by atoms with E-state index < -0.39 is 5.97 Å². The Hall–Kier alpha value is -0.940. The molecule has 1 atom stereocenters. The third kappa shape index (κ3) is 3.60. The average molecular weight is 229 g/mol. The molecule has 15 heavy (non-hydrogen) atoms. The molecule has 0 bridgehead atoms. The maximum atomic E-state index is 10.7. The van der Waals surface area contributed by atoms with E-state index in [0.29, 0.717) is 18.2 Å². The Bertz CT molecular complexity index is 324. The van der Waals surface area contributed by atoms with Crippen LogP contribution in [0.15, 0.2) is 16.7 Å². The maximum Gasteiger partial charge on any atom is 0.372 e. The molecule has 0 amide bonds. The van der Waals surface area contributed by atoms with Gasteiger partial charge < -0.3 is 15.3 Å². The van der Waals surface area contributed by atoms with E-state index in [0.717, 1.165) is 11.3 Å². The molecule has 0 aliphatic heterocycles. The quantitative estimate of drug-likeness (QED) is 0.778. The molecule has 0 saturated heterocycles. The molecule has 0 spiro atoms. The second kappa shape index (κ2) is 5.82. The molecule has 0 aromatic carbocycles. The van der Waals surface area contributed by atoms with Gasteiger partial charge in [-0.3, -0.25) is 0 Å². The van der Waals surface area contributed by atoms with Crippen molar-refractivity contribution in [2.45, 2.75) is 12.7 Å². The van der Waals surface area contributed by atoms with Crippen molar-refractivity contribution in [1.82, 2.24) is 0 Å². The summed E-state index contributed by atoms with van der Waals surface area (Å²) in [4.78, 5) is 10.7. The molecule has 0 aliphatic rings. The SMILES string of the molecule is CC(CN)CSCc1ccoc1C(=O)O. The van der Waals surface area contributed by atoms with E-state index >= 15 is 0 Å². The standard InChI is InChI=1S/C10H15NO3S/c1-7(4-11)5-15-6-8-2-3-14-9(8)10(12)13/h2-3,7H,4-6,11H2,1H3,(H,12,13). The van der Waals surface area contributed by atoms with Gasteiger partial charge in [0.2, 0.25) is 5.76 Å². The summed E-state index contributed by atoms with van der Waals surface area (Å²) in [6.07, 6.45) is 1.41. The van der Waals surface area contributed by atoms with Crippen molar-refractivity contribution in [3.63, 3.8) is 0 Å². The first-order valence-corrected chi connectivity index (χ1v) is 5.88. The second-order valence-electron chi connectivity index (χ2n) is 3.44. The number of nitrogens with two attached hydrogens (primary N) is 1. The molecule has 0 saturated carbocycles. The van der Waals surface area contributed by atoms with E-state index in [1.54, 1.807) is 17.8 Å². The lowest BCUT2D eigenvalue weighted by Crippen LogP contribution is -2.12. The minimum atomic E-state index is -1.01. The van der Waals surface area contributed by atoms with E-state index in [-0.39, 0.29) is 5.76 Å². The lowest BCUT2D eigenvalue weighted by molar-refractivity contribution is 0.0661. The molecule has 0 fully saturated rings. The number of carboxylic acids is 1. The summed E-state index contributed by atoms with van der Waals surface area (Å²) in [5, 5.41) is 8.79. The Morgan fingerprint density at radius 3 is 3.07 bits per heavy atom. The third-order valence-electron chi connectivity index (χ3n) is 2.00. The van der Waals surface area contributed by atoms with Crippen LogP contribution < -0.4 is 5.73 Å². The molecule has 1 heterocycles. The van der Waals surface area contributed by atoms with Crippen molar-refractivity contribution in [2.75, 3.05) is 12.3 Å². The van der Waals surface area contributed by atoms with E-state index in [1.165, 1.54) is 6.26 Å². The minimum absolute atomic E-state index is 0.0444. The molecule has 0 aliphatic carbocycles. The number of carbonyl (C=O) groups is 1. The molecular formula is C10H15NO3S. The average Bonchev–Trinajstić information content (AvgIpc) is 2.65. The Kier molecular flexibility index (Phi) is 4.71. The van der Waals surface area contributed by atoms with Gasteiger partial charge in [-0.25, -0.2) is 4.79 Å². The van der Waals surface area contributed by atoms with Gasteiger partial charge in [-0.2, -0.15) is 11.8 Å². The van der Waals surface area contributed by atoms with Crippen LogP contribution >= 0.6 is 11.8 Å². The van der Waals surface area contributed by atoms with Crippen LogP contribution in [0.1, 0.15) is 23.0 Å². The number of aromatic carboxylic acids is 1. The predicted molar refractivity (Wildman–Crippen MR) is 60.0 cm³/mol. The molecule has 4 nitrogen and oxygen atoms in total. The molecule has 1 unspecified atom stereocenters. The van der Waals surface area contributed by atoms with Crippen molar-refractivity contribution < 1.29 is 14.3 Å². The highest BCUT2D eigenvalue weighted by Gasteiger charge is 2.13. The number of carboxylic acid groups (broad SMARTS) is 1. The van der Waals surface area contributed by atoms with Crippen molar-refractivity contribution >= 4 is 17.7 Å². The summed E-state index contributed by atoms with van der Waals surface area (Å²) in [5.41, 5.74) is 6.22. The van der Waals surface area contributed by atoms with Gasteiger partial charge in [-0.05, 0) is 24.3 Å². The van der Waals surface area contributed by atoms with Crippen LogP contribution in [0.2, 0.25) is 0 Å². The Labute approximate surface area is 92.8 Å². The zero-order valence-corrected chi connectivity index (χ0v) is 9.42. The van der Waals surface area contributed by atoms with Crippen molar-refractivity contribution in [3.05, 3.63) is 23.7 Å². The summed E-state index contributed by atoms with van der Waals surface area (Å²) in [5.74, 6) is 1.07. The second-order valence-corrected chi connectivity index (χ2v) is 4.47. The monoisotopic (exact) mass is 229 g/mol. The van der Waals surface area contributed by atoms with E-state index in [9.17, 15) is 4.79 Å². The Morgan fingerprint density at radius 1 is 1.73 bits per heavy atom. The van der Waals surface area contributed by atoms with Crippen LogP contribution in [0, 0.1) is 5.92 Å². The van der Waals surface area contributed by atoms with E-state index in [4.69, 9.17) is 15.3 Å². The lowest BCUT2D eigenvalue weighted by atomic mass is 10.2. The molecule has 5 heteroatoms. The van der Waals surface area contributed by atoms with Gasteiger partial charge in [0.25, 0.3) is 0 Å². The van der Waals surface area contributed by atoms with Crippen LogP contribution in [-0.2, 0) is 5.75 Å². The normalized spacial score (nSPS) is 12.7. The topological polar surface area (TPSA) is 76.5 Å². The van der Waals surface area contributed by atoms with Gasteiger partial charge >= 0.3 is 5.97 Å². The van der Waals surface area contributed by atoms with Gasteiger partial charge in [0.05, 0.1) is 6.26 Å². The summed E-state index contributed by atoms with van der Waals surface area (Å²) >= 11 is 1.67. The van der Waals surface area contributed by atoms with Gasteiger partial charge in [0, 0.05) is 11.3 Å². The number of hydrogen-bond acceptors (Lipinski definition) is 4. The van der Waals surface area contributed by atoms with Crippen molar-refractivity contribution in [2.24, 2.45) is 11.7 Å². The highest BCUT2D eigenvalue weighted by atomic mass is 32.2. The fraction of sp³-hybridized carbons (Fsp3) is 0.500. The number of furan rings is 1. The molecule has 0 radical (unpaired) electrons. The summed E-state index contributed by atoms with van der Waals surface area (Å²) in [7, 11) is 0. The maximum absolute atomic E-state index is 10.7. The third-order valence-corrected chi connectivity index (χ3v) is 3.32. The Balaban J connectivity index is 2.44. The first kappa shape index (κ1) is 12.1. The smallest absolute Gasteiger partial charge is 0.372 e. The zero-order chi connectivity index (χ0) is 11.3. The van der Waals surface area contributed by atoms with Crippen LogP contribution in [0.25, 0.3) is 0 Å². The molecule has 1 aromatic heterocycles. The van der Waals surface area contributed by atoms with Gasteiger partial charge in [0.15, 0.2) is 0 Å². The molecule has 84 valence electrons. The van der Waals surface area contributed by atoms with Gasteiger partial charge in [0.1, 0.15) is 0 Å². The zero-order valence-electron chi connectivity index (χ0n) is 8.60. The molecular weight excluding hydrogens is 214 g/mol. The summed E-state index contributed by atoms with van der Waals surface area (Å²) < 4.78 is 4.87. The van der Waals surface area contributed by atoms with Crippen LogP contribution in [0.3, 0.4) is 0 Å². The molecule has 1 rings (SSSR count). The van der Waals surface area contributed by atoms with Crippen molar-refractivity contribution in [3.8, 4) is 0 Å². The van der Waals surface area contributed by atoms with E-state index in [1.807, 2.05) is 0 Å². The highest BCUT2D eigenvalue weighted by molar-refractivity contribution is 7.98. The fourth-order valence-electron chi connectivity index (χ4n) is 1.08. The Morgan fingerprint density at radius 2 is 2.47 bits per heavy atom. The largest absolute Gasteiger partial charge is 0.475 e. The van der Waals surface area contributed by atoms with Gasteiger partial charge in [-0.15, -0.1) is 0 Å². The van der Waals surface area contributed by atoms with Gasteiger partial charge in [-0.1, -0.05) is 6.92 Å².